The zero-order valence-corrected chi connectivity index (χ0v) is 13.1. The number of carbonyl (C=O) groups excluding carboxylic acids is 1. The van der Waals surface area contributed by atoms with Crippen LogP contribution in [0.1, 0.15) is 15.4 Å². The van der Waals surface area contributed by atoms with Crippen LogP contribution in [0.25, 0.3) is 0 Å². The summed E-state index contributed by atoms with van der Waals surface area (Å²) < 4.78 is 1.05. The van der Waals surface area contributed by atoms with Crippen LogP contribution < -0.4 is 5.32 Å². The second kappa shape index (κ2) is 6.16. The molecule has 0 aliphatic heterocycles. The van der Waals surface area contributed by atoms with E-state index in [9.17, 15) is 4.79 Å². The predicted octanol–water partition coefficient (Wildman–Crippen LogP) is 3.22. The summed E-state index contributed by atoms with van der Waals surface area (Å²) in [6.07, 6.45) is 1.63. The monoisotopic (exact) mass is 339 g/mol. The molecule has 0 unspecified atom stereocenters. The zero-order valence-electron chi connectivity index (χ0n) is 10.7. The summed E-state index contributed by atoms with van der Waals surface area (Å²) in [5, 5.41) is 5.01. The minimum absolute atomic E-state index is 0.0818. The molecule has 0 spiro atoms. The van der Waals surface area contributed by atoms with Gasteiger partial charge < -0.3 is 10.2 Å². The van der Waals surface area contributed by atoms with E-state index in [2.05, 4.69) is 26.2 Å². The highest BCUT2D eigenvalue weighted by molar-refractivity contribution is 9.10. The van der Waals surface area contributed by atoms with Gasteiger partial charge in [0.1, 0.15) is 5.69 Å². The third-order valence-corrected chi connectivity index (χ3v) is 4.31. The smallest absolute Gasteiger partial charge is 0.272 e. The van der Waals surface area contributed by atoms with E-state index in [4.69, 9.17) is 0 Å². The van der Waals surface area contributed by atoms with Gasteiger partial charge in [-0.2, -0.15) is 0 Å². The normalized spacial score (nSPS) is 10.3. The molecule has 0 aliphatic rings. The molecule has 1 N–H and O–H groups in total. The number of pyridine rings is 1. The Hall–Kier alpha value is -1.40. The molecule has 1 amide bonds. The summed E-state index contributed by atoms with van der Waals surface area (Å²) in [6, 6.07) is 5.60. The van der Waals surface area contributed by atoms with Crippen LogP contribution >= 0.6 is 27.3 Å². The van der Waals surface area contributed by atoms with Gasteiger partial charge in [-0.05, 0) is 34.1 Å². The second-order valence-electron chi connectivity index (χ2n) is 4.07. The van der Waals surface area contributed by atoms with Gasteiger partial charge >= 0.3 is 0 Å². The van der Waals surface area contributed by atoms with E-state index in [-0.39, 0.29) is 5.91 Å². The molecular weight excluding hydrogens is 326 g/mol. The number of hydrogen-bond donors (Lipinski definition) is 1. The Kier molecular flexibility index (Phi) is 4.55. The number of nitrogens with one attached hydrogen (secondary N) is 1. The molecule has 0 aromatic carbocycles. The number of hydrogen-bond acceptors (Lipinski definition) is 4. The van der Waals surface area contributed by atoms with Crippen molar-refractivity contribution in [3.63, 3.8) is 0 Å². The van der Waals surface area contributed by atoms with E-state index in [1.807, 2.05) is 24.6 Å². The van der Waals surface area contributed by atoms with E-state index in [1.165, 1.54) is 0 Å². The molecular formula is C13H14BrN3OS. The topological polar surface area (TPSA) is 45.2 Å². The summed E-state index contributed by atoms with van der Waals surface area (Å²) in [5.41, 5.74) is 1.33. The molecule has 0 saturated heterocycles. The van der Waals surface area contributed by atoms with E-state index >= 15 is 0 Å². The lowest BCUT2D eigenvalue weighted by Gasteiger charge is -2.16. The maximum Gasteiger partial charge on any atom is 0.272 e. The lowest BCUT2D eigenvalue weighted by Crippen LogP contribution is -2.26. The molecule has 2 heterocycles. The number of amides is 1. The molecule has 0 atom stereocenters. The average Bonchev–Trinajstić information content (AvgIpc) is 2.83. The third kappa shape index (κ3) is 3.54. The van der Waals surface area contributed by atoms with E-state index in [1.54, 1.807) is 35.5 Å². The molecule has 0 radical (unpaired) electrons. The fourth-order valence-electron chi connectivity index (χ4n) is 1.64. The van der Waals surface area contributed by atoms with Crippen molar-refractivity contribution >= 4 is 38.9 Å². The summed E-state index contributed by atoms with van der Waals surface area (Å²) in [6.45, 7) is 0.584. The van der Waals surface area contributed by atoms with Gasteiger partial charge in [0, 0.05) is 40.7 Å². The largest absolute Gasteiger partial charge is 0.388 e. The highest BCUT2D eigenvalue weighted by Crippen LogP contribution is 2.21. The fourth-order valence-corrected chi connectivity index (χ4v) is 3.14. The Labute approximate surface area is 124 Å². The van der Waals surface area contributed by atoms with Gasteiger partial charge in [-0.15, -0.1) is 11.3 Å². The molecule has 19 heavy (non-hydrogen) atoms. The maximum absolute atomic E-state index is 12.3. The molecule has 100 valence electrons. The van der Waals surface area contributed by atoms with Crippen molar-refractivity contribution in [2.45, 2.75) is 6.54 Å². The first-order valence-electron chi connectivity index (χ1n) is 5.72. The van der Waals surface area contributed by atoms with Crippen LogP contribution in [0.2, 0.25) is 0 Å². The molecule has 2 aromatic rings. The first-order valence-corrected chi connectivity index (χ1v) is 7.39. The highest BCUT2D eigenvalue weighted by atomic mass is 79.9. The van der Waals surface area contributed by atoms with Crippen LogP contribution in [0, 0.1) is 0 Å². The Morgan fingerprint density at radius 2 is 2.32 bits per heavy atom. The van der Waals surface area contributed by atoms with Crippen LogP contribution in [-0.2, 0) is 6.54 Å². The number of nitrogens with zero attached hydrogens (tertiary/aromatic N) is 2. The SMILES string of the molecule is CNc1ccnc(C(=O)N(C)Cc2cc(Br)cs2)c1. The number of halogens is 1. The fraction of sp³-hybridized carbons (Fsp3) is 0.231. The van der Waals surface area contributed by atoms with Crippen molar-refractivity contribution in [1.82, 2.24) is 9.88 Å². The number of aromatic nitrogens is 1. The molecule has 0 bridgehead atoms. The Morgan fingerprint density at radius 3 is 2.95 bits per heavy atom. The van der Waals surface area contributed by atoms with Crippen LogP contribution in [0.4, 0.5) is 5.69 Å². The van der Waals surface area contributed by atoms with Gasteiger partial charge in [-0.25, -0.2) is 0 Å². The molecule has 6 heteroatoms. The van der Waals surface area contributed by atoms with Gasteiger partial charge in [0.05, 0.1) is 6.54 Å². The number of rotatable bonds is 4. The number of anilines is 1. The maximum atomic E-state index is 12.3. The third-order valence-electron chi connectivity index (χ3n) is 2.63. The number of carbonyl (C=O) groups is 1. The standard InChI is InChI=1S/C13H14BrN3OS/c1-15-10-3-4-16-12(6-10)13(18)17(2)7-11-5-9(14)8-19-11/h3-6,8H,7H2,1-2H3,(H,15,16). The quantitative estimate of drug-likeness (QED) is 0.930. The molecule has 2 aromatic heterocycles. The Morgan fingerprint density at radius 1 is 1.53 bits per heavy atom. The van der Waals surface area contributed by atoms with Crippen LogP contribution in [0.15, 0.2) is 34.2 Å². The van der Waals surface area contributed by atoms with Crippen molar-refractivity contribution in [1.29, 1.82) is 0 Å². The van der Waals surface area contributed by atoms with Gasteiger partial charge in [0.2, 0.25) is 0 Å². The van der Waals surface area contributed by atoms with Crippen molar-refractivity contribution in [3.8, 4) is 0 Å². The van der Waals surface area contributed by atoms with Crippen molar-refractivity contribution < 1.29 is 4.79 Å². The van der Waals surface area contributed by atoms with Gasteiger partial charge in [-0.1, -0.05) is 0 Å². The highest BCUT2D eigenvalue weighted by Gasteiger charge is 2.14. The summed E-state index contributed by atoms with van der Waals surface area (Å²) in [4.78, 5) is 19.2. The minimum Gasteiger partial charge on any atom is -0.388 e. The van der Waals surface area contributed by atoms with Crippen LogP contribution in [-0.4, -0.2) is 29.9 Å². The van der Waals surface area contributed by atoms with Gasteiger partial charge in [-0.3, -0.25) is 9.78 Å². The molecule has 4 nitrogen and oxygen atoms in total. The lowest BCUT2D eigenvalue weighted by atomic mass is 10.3. The molecule has 0 fully saturated rings. The average molecular weight is 340 g/mol. The van der Waals surface area contributed by atoms with E-state index in [0.717, 1.165) is 15.0 Å². The van der Waals surface area contributed by atoms with Crippen LogP contribution in [0.5, 0.6) is 0 Å². The second-order valence-corrected chi connectivity index (χ2v) is 5.98. The minimum atomic E-state index is -0.0818. The molecule has 2 rings (SSSR count). The summed E-state index contributed by atoms with van der Waals surface area (Å²) in [7, 11) is 3.60. The van der Waals surface area contributed by atoms with Gasteiger partial charge in [0.15, 0.2) is 0 Å². The summed E-state index contributed by atoms with van der Waals surface area (Å²) >= 11 is 5.03. The van der Waals surface area contributed by atoms with Crippen LogP contribution in [0.3, 0.4) is 0 Å². The summed E-state index contributed by atoms with van der Waals surface area (Å²) in [5.74, 6) is -0.0818. The lowest BCUT2D eigenvalue weighted by molar-refractivity contribution is 0.0780. The van der Waals surface area contributed by atoms with Gasteiger partial charge in [0.25, 0.3) is 5.91 Å². The zero-order chi connectivity index (χ0) is 13.8. The van der Waals surface area contributed by atoms with Crippen molar-refractivity contribution in [3.05, 3.63) is 44.8 Å². The first-order chi connectivity index (χ1) is 9.10. The predicted molar refractivity (Wildman–Crippen MR) is 81.6 cm³/mol. The van der Waals surface area contributed by atoms with Crippen molar-refractivity contribution in [2.75, 3.05) is 19.4 Å². The first kappa shape index (κ1) is 14.0. The van der Waals surface area contributed by atoms with Crippen molar-refractivity contribution in [2.24, 2.45) is 0 Å². The Bertz CT molecular complexity index is 585. The Balaban J connectivity index is 2.09. The molecule has 0 saturated carbocycles. The van der Waals surface area contributed by atoms with E-state index < -0.39 is 0 Å². The number of thiophene rings is 1. The molecule has 0 aliphatic carbocycles. The van der Waals surface area contributed by atoms with E-state index in [0.29, 0.717) is 12.2 Å².